The molecule has 2 aromatic heterocycles. The van der Waals surface area contributed by atoms with E-state index in [2.05, 4.69) is 11.1 Å². The molecule has 1 saturated carbocycles. The van der Waals surface area contributed by atoms with Gasteiger partial charge in [-0.15, -0.1) is 0 Å². The van der Waals surface area contributed by atoms with E-state index >= 15 is 0 Å². The molecule has 0 spiro atoms. The molecule has 1 fully saturated rings. The molecule has 214 valence electrons. The van der Waals surface area contributed by atoms with Crippen LogP contribution in [-0.4, -0.2) is 50.3 Å². The fourth-order valence-corrected chi connectivity index (χ4v) is 5.84. The minimum Gasteiger partial charge on any atom is -0.410 e. The molecule has 6 rings (SSSR count). The maximum Gasteiger partial charge on any atom is 0.414 e. The van der Waals surface area contributed by atoms with Gasteiger partial charge >= 0.3 is 6.09 Å². The van der Waals surface area contributed by atoms with Crippen molar-refractivity contribution in [2.75, 3.05) is 13.6 Å². The Labute approximate surface area is 244 Å². The lowest BCUT2D eigenvalue weighted by Crippen LogP contribution is -2.34. The van der Waals surface area contributed by atoms with Crippen LogP contribution in [0.2, 0.25) is 0 Å². The number of rotatable bonds is 6. The van der Waals surface area contributed by atoms with E-state index in [1.165, 1.54) is 4.90 Å². The van der Waals surface area contributed by atoms with Gasteiger partial charge in [0.1, 0.15) is 5.75 Å². The van der Waals surface area contributed by atoms with Crippen LogP contribution in [0.5, 0.6) is 5.75 Å². The molecule has 2 heterocycles. The summed E-state index contributed by atoms with van der Waals surface area (Å²) in [6.45, 7) is 2.44. The van der Waals surface area contributed by atoms with Gasteiger partial charge in [-0.05, 0) is 73.0 Å². The van der Waals surface area contributed by atoms with Crippen LogP contribution < -0.4 is 10.3 Å². The summed E-state index contributed by atoms with van der Waals surface area (Å²) in [6, 6.07) is 21.1. The van der Waals surface area contributed by atoms with Crippen LogP contribution in [0.3, 0.4) is 0 Å². The number of carbonyl (C=O) groups excluding carboxylic acids is 1. The highest BCUT2D eigenvalue weighted by atomic mass is 16.6. The number of fused-ring (bicyclic) bond motifs is 3. The molecule has 42 heavy (non-hydrogen) atoms. The van der Waals surface area contributed by atoms with Crippen LogP contribution >= 0.6 is 0 Å². The van der Waals surface area contributed by atoms with Gasteiger partial charge in [0, 0.05) is 30.7 Å². The minimum atomic E-state index is -0.541. The Kier molecular flexibility index (Phi) is 7.71. The van der Waals surface area contributed by atoms with E-state index in [1.54, 1.807) is 30.2 Å². The molecule has 1 aliphatic carbocycles. The topological polar surface area (TPSA) is 97.5 Å². The number of carbonyl (C=O) groups is 1. The van der Waals surface area contributed by atoms with E-state index < -0.39 is 12.2 Å². The van der Waals surface area contributed by atoms with Gasteiger partial charge in [-0.1, -0.05) is 49.2 Å². The Morgan fingerprint density at radius 1 is 1.00 bits per heavy atom. The standard InChI is InChI=1S/C34H34N4O4/c1-3-37(2)34(41)42-25-10-8-9-23(19-25)29-18-22(15-16-35-29)17-24-20-28-32(27-12-5-4-11-26(24)27)36-21-38(33(28)40)30-13-6-7-14-31(30)39/h4-5,8-12,15-16,18-21,30-31,39H,3,6-7,13-14,17H2,1-2H3/t30-,31-/m0/s1. The van der Waals surface area contributed by atoms with Crippen molar-refractivity contribution >= 4 is 27.8 Å². The van der Waals surface area contributed by atoms with Crippen LogP contribution in [-0.2, 0) is 6.42 Å². The number of pyridine rings is 1. The Morgan fingerprint density at radius 3 is 2.62 bits per heavy atom. The third-order valence-electron chi connectivity index (χ3n) is 8.27. The summed E-state index contributed by atoms with van der Waals surface area (Å²) < 4.78 is 7.15. The van der Waals surface area contributed by atoms with Gasteiger partial charge < -0.3 is 14.7 Å². The van der Waals surface area contributed by atoms with E-state index in [-0.39, 0.29) is 11.6 Å². The third kappa shape index (κ3) is 5.37. The van der Waals surface area contributed by atoms with Crippen molar-refractivity contribution in [2.45, 2.75) is 51.2 Å². The molecule has 0 bridgehead atoms. The lowest BCUT2D eigenvalue weighted by Gasteiger charge is -2.29. The molecule has 8 heteroatoms. The van der Waals surface area contributed by atoms with Crippen molar-refractivity contribution < 1.29 is 14.6 Å². The average Bonchev–Trinajstić information content (AvgIpc) is 3.02. The average molecular weight is 563 g/mol. The van der Waals surface area contributed by atoms with Gasteiger partial charge in [0.2, 0.25) is 0 Å². The fraction of sp³-hybridized carbons (Fsp3) is 0.294. The van der Waals surface area contributed by atoms with Crippen molar-refractivity contribution in [1.82, 2.24) is 19.4 Å². The SMILES string of the molecule is CCN(C)C(=O)Oc1cccc(-c2cc(Cc3cc4c(=O)n([C@H]5CCCC[C@@H]5O)cnc4c4ccccc34)ccn2)c1. The normalized spacial score (nSPS) is 16.9. The molecular formula is C34H34N4O4. The van der Waals surface area contributed by atoms with Crippen LogP contribution in [0.15, 0.2) is 84.0 Å². The van der Waals surface area contributed by atoms with Crippen molar-refractivity contribution in [1.29, 1.82) is 0 Å². The Bertz CT molecular complexity index is 1830. The summed E-state index contributed by atoms with van der Waals surface area (Å²) in [5.74, 6) is 0.456. The number of aromatic nitrogens is 3. The summed E-state index contributed by atoms with van der Waals surface area (Å²) >= 11 is 0. The number of aliphatic hydroxyl groups excluding tert-OH is 1. The molecule has 1 amide bonds. The summed E-state index contributed by atoms with van der Waals surface area (Å²) in [4.78, 5) is 36.9. The van der Waals surface area contributed by atoms with Crippen LogP contribution in [0.4, 0.5) is 4.79 Å². The van der Waals surface area contributed by atoms with E-state index in [0.717, 1.165) is 52.4 Å². The lowest BCUT2D eigenvalue weighted by atomic mass is 9.92. The fourth-order valence-electron chi connectivity index (χ4n) is 5.84. The maximum absolute atomic E-state index is 13.8. The first kappa shape index (κ1) is 27.6. The number of ether oxygens (including phenoxy) is 1. The molecule has 0 aliphatic heterocycles. The van der Waals surface area contributed by atoms with Gasteiger partial charge in [0.15, 0.2) is 0 Å². The van der Waals surface area contributed by atoms with Gasteiger partial charge in [-0.25, -0.2) is 9.78 Å². The van der Waals surface area contributed by atoms with Crippen molar-refractivity contribution in [3.8, 4) is 17.0 Å². The number of hydrogen-bond acceptors (Lipinski definition) is 6. The highest BCUT2D eigenvalue weighted by Crippen LogP contribution is 2.31. The molecule has 2 atom stereocenters. The molecule has 1 aliphatic rings. The quantitative estimate of drug-likeness (QED) is 0.250. The molecule has 8 nitrogen and oxygen atoms in total. The number of amides is 1. The largest absolute Gasteiger partial charge is 0.414 e. The second-order valence-electron chi connectivity index (χ2n) is 11.0. The number of nitrogens with zero attached hydrogens (tertiary/aromatic N) is 4. The van der Waals surface area contributed by atoms with E-state index in [4.69, 9.17) is 9.72 Å². The molecular weight excluding hydrogens is 528 g/mol. The highest BCUT2D eigenvalue weighted by Gasteiger charge is 2.26. The third-order valence-corrected chi connectivity index (χ3v) is 8.27. The smallest absolute Gasteiger partial charge is 0.410 e. The molecule has 0 radical (unpaired) electrons. The first-order valence-electron chi connectivity index (χ1n) is 14.5. The van der Waals surface area contributed by atoms with Gasteiger partial charge in [-0.3, -0.25) is 14.3 Å². The summed E-state index contributed by atoms with van der Waals surface area (Å²) in [7, 11) is 1.69. The van der Waals surface area contributed by atoms with Crippen LogP contribution in [0.25, 0.3) is 32.9 Å². The Morgan fingerprint density at radius 2 is 1.81 bits per heavy atom. The zero-order chi connectivity index (χ0) is 29.2. The number of aliphatic hydroxyl groups is 1. The summed E-state index contributed by atoms with van der Waals surface area (Å²) in [5.41, 5.74) is 4.20. The summed E-state index contributed by atoms with van der Waals surface area (Å²) in [6.07, 6.45) is 6.44. The number of hydrogen-bond donors (Lipinski definition) is 1. The molecule has 0 saturated heterocycles. The van der Waals surface area contributed by atoms with Crippen LogP contribution in [0, 0.1) is 0 Å². The van der Waals surface area contributed by atoms with Crippen molar-refractivity contribution in [3.63, 3.8) is 0 Å². The Balaban J connectivity index is 1.37. The van der Waals surface area contributed by atoms with E-state index in [9.17, 15) is 14.7 Å². The first-order valence-corrected chi connectivity index (χ1v) is 14.5. The van der Waals surface area contributed by atoms with Gasteiger partial charge in [0.25, 0.3) is 5.56 Å². The second kappa shape index (κ2) is 11.7. The second-order valence-corrected chi connectivity index (χ2v) is 11.0. The first-order chi connectivity index (χ1) is 20.4. The predicted octanol–water partition coefficient (Wildman–Crippen LogP) is 6.13. The molecule has 3 aromatic carbocycles. The van der Waals surface area contributed by atoms with Crippen molar-refractivity contribution in [2.24, 2.45) is 0 Å². The summed E-state index contributed by atoms with van der Waals surface area (Å²) in [5, 5.41) is 13.2. The van der Waals surface area contributed by atoms with Crippen LogP contribution in [0.1, 0.15) is 49.8 Å². The minimum absolute atomic E-state index is 0.117. The van der Waals surface area contributed by atoms with Crippen molar-refractivity contribution in [3.05, 3.63) is 101 Å². The zero-order valence-electron chi connectivity index (χ0n) is 23.9. The van der Waals surface area contributed by atoms with Gasteiger partial charge in [0.05, 0.1) is 35.1 Å². The number of benzene rings is 3. The highest BCUT2D eigenvalue weighted by molar-refractivity contribution is 6.06. The van der Waals surface area contributed by atoms with Gasteiger partial charge in [-0.2, -0.15) is 0 Å². The predicted molar refractivity (Wildman–Crippen MR) is 164 cm³/mol. The molecule has 1 N–H and O–H groups in total. The monoisotopic (exact) mass is 562 g/mol. The van der Waals surface area contributed by atoms with E-state index in [0.29, 0.717) is 36.0 Å². The lowest BCUT2D eigenvalue weighted by molar-refractivity contribution is 0.0735. The maximum atomic E-state index is 13.8. The molecule has 0 unspecified atom stereocenters. The zero-order valence-corrected chi connectivity index (χ0v) is 23.9. The Hall–Kier alpha value is -4.56. The van der Waals surface area contributed by atoms with E-state index in [1.807, 2.05) is 61.5 Å². The molecule has 5 aromatic rings.